The Morgan fingerprint density at radius 3 is 2.67 bits per heavy atom. The molecule has 0 aromatic heterocycles. The van der Waals surface area contributed by atoms with Gasteiger partial charge in [0.25, 0.3) is 0 Å². The minimum atomic E-state index is -0.525. The Balaban J connectivity index is 1.55. The number of primary amides is 1. The summed E-state index contributed by atoms with van der Waals surface area (Å²) in [5.74, 6) is 0.552. The molecule has 30 heavy (non-hydrogen) atoms. The fourth-order valence-electron chi connectivity index (χ4n) is 3.61. The third kappa shape index (κ3) is 3.87. The summed E-state index contributed by atoms with van der Waals surface area (Å²) >= 11 is 0. The van der Waals surface area contributed by atoms with E-state index in [9.17, 15) is 14.9 Å². The molecule has 0 radical (unpaired) electrons. The molecule has 1 aliphatic heterocycles. The monoisotopic (exact) mass is 397 g/mol. The molecule has 1 heterocycles. The number of carbonyl (C=O) groups excluding carboxylic acids is 2. The van der Waals surface area contributed by atoms with E-state index in [0.29, 0.717) is 41.3 Å². The SMILES string of the molecule is N#Cc1ccccc1Oc1cccc(C2CC(=O)N(c3cccc(C(N)=O)c3)C2)c1. The first-order valence-corrected chi connectivity index (χ1v) is 9.52. The Morgan fingerprint density at radius 2 is 1.87 bits per heavy atom. The lowest BCUT2D eigenvalue weighted by molar-refractivity contribution is -0.117. The van der Waals surface area contributed by atoms with E-state index in [1.807, 2.05) is 30.3 Å². The van der Waals surface area contributed by atoms with Crippen molar-refractivity contribution in [1.29, 1.82) is 5.26 Å². The summed E-state index contributed by atoms with van der Waals surface area (Å²) in [6.45, 7) is 0.499. The molecule has 3 aromatic rings. The average molecular weight is 397 g/mol. The van der Waals surface area contributed by atoms with Crippen molar-refractivity contribution in [2.75, 3.05) is 11.4 Å². The molecule has 0 saturated carbocycles. The van der Waals surface area contributed by atoms with Crippen LogP contribution in [0.25, 0.3) is 0 Å². The minimum absolute atomic E-state index is 0.00973. The Labute approximate surface area is 174 Å². The summed E-state index contributed by atoms with van der Waals surface area (Å²) < 4.78 is 5.91. The topological polar surface area (TPSA) is 96.4 Å². The number of ether oxygens (including phenoxy) is 1. The molecule has 1 aliphatic rings. The van der Waals surface area contributed by atoms with Gasteiger partial charge in [-0.2, -0.15) is 5.26 Å². The first-order chi connectivity index (χ1) is 14.5. The van der Waals surface area contributed by atoms with Gasteiger partial charge in [-0.05, 0) is 48.0 Å². The molecule has 0 spiro atoms. The second-order valence-electron chi connectivity index (χ2n) is 7.10. The molecule has 1 fully saturated rings. The lowest BCUT2D eigenvalue weighted by atomic mass is 9.98. The fourth-order valence-corrected chi connectivity index (χ4v) is 3.61. The van der Waals surface area contributed by atoms with Crippen molar-refractivity contribution in [3.05, 3.63) is 89.5 Å². The smallest absolute Gasteiger partial charge is 0.248 e. The summed E-state index contributed by atoms with van der Waals surface area (Å²) in [6, 6.07) is 23.5. The molecule has 1 atom stereocenters. The van der Waals surface area contributed by atoms with Crippen LogP contribution >= 0.6 is 0 Å². The fraction of sp³-hybridized carbons (Fsp3) is 0.125. The van der Waals surface area contributed by atoms with Crippen molar-refractivity contribution in [2.45, 2.75) is 12.3 Å². The molecular weight excluding hydrogens is 378 g/mol. The maximum absolute atomic E-state index is 12.6. The number of benzene rings is 3. The summed E-state index contributed by atoms with van der Waals surface area (Å²) in [7, 11) is 0. The zero-order valence-electron chi connectivity index (χ0n) is 16.1. The highest BCUT2D eigenvalue weighted by molar-refractivity contribution is 5.99. The molecule has 6 heteroatoms. The Bertz CT molecular complexity index is 1170. The molecule has 1 saturated heterocycles. The highest BCUT2D eigenvalue weighted by Gasteiger charge is 2.32. The van der Waals surface area contributed by atoms with Crippen molar-refractivity contribution in [2.24, 2.45) is 5.73 Å². The van der Waals surface area contributed by atoms with Gasteiger partial charge in [-0.25, -0.2) is 0 Å². The molecular formula is C24H19N3O3. The maximum atomic E-state index is 12.6. The highest BCUT2D eigenvalue weighted by Crippen LogP contribution is 2.34. The summed E-state index contributed by atoms with van der Waals surface area (Å²) in [5.41, 5.74) is 7.82. The van der Waals surface area contributed by atoms with E-state index in [1.165, 1.54) is 0 Å². The number of carbonyl (C=O) groups is 2. The number of amides is 2. The highest BCUT2D eigenvalue weighted by atomic mass is 16.5. The number of rotatable bonds is 5. The number of hydrogen-bond donors (Lipinski definition) is 1. The number of nitrogens with zero attached hydrogens (tertiary/aromatic N) is 2. The van der Waals surface area contributed by atoms with Crippen molar-refractivity contribution in [3.63, 3.8) is 0 Å². The molecule has 3 aromatic carbocycles. The summed E-state index contributed by atoms with van der Waals surface area (Å²) in [5, 5.41) is 9.24. The molecule has 0 aliphatic carbocycles. The second kappa shape index (κ2) is 8.10. The van der Waals surface area contributed by atoms with Crippen LogP contribution < -0.4 is 15.4 Å². The predicted molar refractivity (Wildman–Crippen MR) is 112 cm³/mol. The molecule has 2 N–H and O–H groups in total. The van der Waals surface area contributed by atoms with E-state index in [1.54, 1.807) is 47.4 Å². The lowest BCUT2D eigenvalue weighted by Crippen LogP contribution is -2.24. The van der Waals surface area contributed by atoms with Crippen LogP contribution in [0.1, 0.15) is 33.8 Å². The van der Waals surface area contributed by atoms with Crippen molar-refractivity contribution in [1.82, 2.24) is 0 Å². The molecule has 148 valence electrons. The maximum Gasteiger partial charge on any atom is 0.248 e. The molecule has 0 bridgehead atoms. The second-order valence-corrected chi connectivity index (χ2v) is 7.10. The van der Waals surface area contributed by atoms with Crippen LogP contribution in [0.3, 0.4) is 0 Å². The van der Waals surface area contributed by atoms with Gasteiger partial charge in [0.05, 0.1) is 5.56 Å². The number of hydrogen-bond acceptors (Lipinski definition) is 4. The summed E-state index contributed by atoms with van der Waals surface area (Å²) in [4.78, 5) is 25.8. The van der Waals surface area contributed by atoms with Crippen LogP contribution in [0.5, 0.6) is 11.5 Å². The Morgan fingerprint density at radius 1 is 1.07 bits per heavy atom. The third-order valence-electron chi connectivity index (χ3n) is 5.13. The van der Waals surface area contributed by atoms with Crippen LogP contribution in [0.4, 0.5) is 5.69 Å². The van der Waals surface area contributed by atoms with Crippen LogP contribution in [0.15, 0.2) is 72.8 Å². The predicted octanol–water partition coefficient (Wildman–Crippen LogP) is 3.97. The summed E-state index contributed by atoms with van der Waals surface area (Å²) in [6.07, 6.45) is 0.360. The van der Waals surface area contributed by atoms with Gasteiger partial charge in [0, 0.05) is 30.1 Å². The van der Waals surface area contributed by atoms with Crippen LogP contribution in [-0.2, 0) is 4.79 Å². The Kier molecular flexibility index (Phi) is 5.19. The van der Waals surface area contributed by atoms with Gasteiger partial charge in [-0.15, -0.1) is 0 Å². The standard InChI is InChI=1S/C24H19N3O3/c25-14-18-5-1-2-10-22(18)30-21-9-4-6-16(12-21)19-13-23(28)27(15-19)20-8-3-7-17(11-20)24(26)29/h1-12,19H,13,15H2,(H2,26,29). The molecule has 2 amide bonds. The molecule has 6 nitrogen and oxygen atoms in total. The van der Waals surface area contributed by atoms with Gasteiger partial charge in [0.15, 0.2) is 0 Å². The number of nitriles is 1. The average Bonchev–Trinajstić information content (AvgIpc) is 3.16. The van der Waals surface area contributed by atoms with Crippen molar-refractivity contribution < 1.29 is 14.3 Å². The third-order valence-corrected chi connectivity index (χ3v) is 5.13. The van der Waals surface area contributed by atoms with Crippen molar-refractivity contribution >= 4 is 17.5 Å². The number of nitrogens with two attached hydrogens (primary N) is 1. The first kappa shape index (κ1) is 19.2. The normalized spacial score (nSPS) is 15.6. The van der Waals surface area contributed by atoms with Crippen molar-refractivity contribution in [3.8, 4) is 17.6 Å². The van der Waals surface area contributed by atoms with Gasteiger partial charge in [0.2, 0.25) is 11.8 Å². The number of anilines is 1. The minimum Gasteiger partial charge on any atom is -0.456 e. The van der Waals surface area contributed by atoms with Crippen LogP contribution in [0, 0.1) is 11.3 Å². The lowest BCUT2D eigenvalue weighted by Gasteiger charge is -2.18. The largest absolute Gasteiger partial charge is 0.456 e. The van der Waals surface area contributed by atoms with E-state index in [4.69, 9.17) is 10.5 Å². The molecule has 1 unspecified atom stereocenters. The van der Waals surface area contributed by atoms with Gasteiger partial charge in [0.1, 0.15) is 17.6 Å². The van der Waals surface area contributed by atoms with E-state index in [0.717, 1.165) is 5.56 Å². The van der Waals surface area contributed by atoms with E-state index in [2.05, 4.69) is 6.07 Å². The van der Waals surface area contributed by atoms with Crippen LogP contribution in [0.2, 0.25) is 0 Å². The first-order valence-electron chi connectivity index (χ1n) is 9.52. The molecule has 4 rings (SSSR count). The van der Waals surface area contributed by atoms with E-state index in [-0.39, 0.29) is 11.8 Å². The zero-order chi connectivity index (χ0) is 21.1. The number of para-hydroxylation sites is 1. The van der Waals surface area contributed by atoms with Crippen LogP contribution in [-0.4, -0.2) is 18.4 Å². The Hall–Kier alpha value is -4.11. The van der Waals surface area contributed by atoms with Gasteiger partial charge in [-0.1, -0.05) is 30.3 Å². The van der Waals surface area contributed by atoms with E-state index >= 15 is 0 Å². The van der Waals surface area contributed by atoms with E-state index < -0.39 is 5.91 Å². The van der Waals surface area contributed by atoms with Gasteiger partial charge < -0.3 is 15.4 Å². The zero-order valence-corrected chi connectivity index (χ0v) is 16.1. The van der Waals surface area contributed by atoms with Gasteiger partial charge >= 0.3 is 0 Å². The van der Waals surface area contributed by atoms with Gasteiger partial charge in [-0.3, -0.25) is 9.59 Å². The quantitative estimate of drug-likeness (QED) is 0.704.